The van der Waals surface area contributed by atoms with Crippen LogP contribution in [0.4, 0.5) is 0 Å². The van der Waals surface area contributed by atoms with Gasteiger partial charge in [0.15, 0.2) is 7.14 Å². The number of para-hydroxylation sites is 1. The first-order valence-corrected chi connectivity index (χ1v) is 14.5. The van der Waals surface area contributed by atoms with Crippen LogP contribution in [0.3, 0.4) is 0 Å². The Balaban J connectivity index is 0.000000237. The lowest BCUT2D eigenvalue weighted by atomic mass is 10.1. The molecule has 0 amide bonds. The van der Waals surface area contributed by atoms with Gasteiger partial charge in [-0.25, -0.2) is 13.2 Å². The van der Waals surface area contributed by atoms with E-state index < -0.39 is 31.3 Å². The molecule has 4 aromatic carbocycles. The third-order valence-corrected chi connectivity index (χ3v) is 8.81. The number of hydrogen-bond acceptors (Lipinski definition) is 7. The van der Waals surface area contributed by atoms with Gasteiger partial charge in [0.05, 0.1) is 15.7 Å². The third kappa shape index (κ3) is 5.63. The van der Waals surface area contributed by atoms with E-state index in [2.05, 4.69) is 0 Å². The van der Waals surface area contributed by atoms with Gasteiger partial charge >= 0.3 is 26.8 Å². The average Bonchev–Trinajstić information content (AvgIpc) is 2.89. The van der Waals surface area contributed by atoms with Crippen molar-refractivity contribution >= 4 is 43.0 Å². The van der Waals surface area contributed by atoms with Gasteiger partial charge in [0.25, 0.3) is 0 Å². The van der Waals surface area contributed by atoms with Crippen molar-refractivity contribution in [2.45, 2.75) is 4.90 Å². The highest BCUT2D eigenvalue weighted by Crippen LogP contribution is 2.17. The molecule has 2 heterocycles. The molecule has 0 fully saturated rings. The second-order valence-electron chi connectivity index (χ2n) is 7.87. The van der Waals surface area contributed by atoms with E-state index in [0.717, 1.165) is 12.5 Å². The van der Waals surface area contributed by atoms with Crippen LogP contribution in [0.1, 0.15) is 0 Å². The standard InChI is InChI=1S/C22H12IO4.C6H6O3S/c24-21-10-6-13-5-7-15(12-20(13)27-21)23-14-8-9-19-17(11-14)22(25)16-3-1-2-4-18(16)26-19;7-10(8,9)6-4-2-1-3-5-6/h1-12H;1-5H,(H,7,8,9)/q+1;/p-1. The smallest absolute Gasteiger partial charge is 0.358 e. The maximum atomic E-state index is 12.8. The Hall–Kier alpha value is -3.80. The quantitative estimate of drug-likeness (QED) is 0.128. The van der Waals surface area contributed by atoms with E-state index in [1.807, 2.05) is 48.5 Å². The molecule has 0 unspecified atom stereocenters. The normalized spacial score (nSPS) is 11.4. The van der Waals surface area contributed by atoms with Crippen LogP contribution in [-0.4, -0.2) is 13.0 Å². The lowest BCUT2D eigenvalue weighted by molar-refractivity contribution is -0.597. The summed E-state index contributed by atoms with van der Waals surface area (Å²) in [6.45, 7) is 0. The van der Waals surface area contributed by atoms with Crippen LogP contribution in [0, 0.1) is 7.14 Å². The molecule has 37 heavy (non-hydrogen) atoms. The molecule has 0 aliphatic rings. The Labute approximate surface area is 221 Å². The minimum Gasteiger partial charge on any atom is -0.744 e. The van der Waals surface area contributed by atoms with Crippen LogP contribution < -0.4 is 32.3 Å². The summed E-state index contributed by atoms with van der Waals surface area (Å²) >= 11 is -0.530. The molecule has 0 bridgehead atoms. The molecule has 0 aliphatic heterocycles. The molecular weight excluding hydrogens is 607 g/mol. The monoisotopic (exact) mass is 624 g/mol. The molecule has 0 radical (unpaired) electrons. The van der Waals surface area contributed by atoms with Crippen molar-refractivity contribution in [2.75, 3.05) is 0 Å². The van der Waals surface area contributed by atoms with E-state index in [4.69, 9.17) is 8.83 Å². The maximum absolute atomic E-state index is 12.8. The van der Waals surface area contributed by atoms with E-state index in [0.29, 0.717) is 27.5 Å². The molecule has 6 aromatic rings. The van der Waals surface area contributed by atoms with Crippen LogP contribution in [0.25, 0.3) is 32.9 Å². The highest BCUT2D eigenvalue weighted by molar-refractivity contribution is 7.85. The first-order valence-electron chi connectivity index (χ1n) is 10.9. The maximum Gasteiger partial charge on any atom is 0.358 e. The zero-order chi connectivity index (χ0) is 26.0. The molecular formula is C28H17IO7S. The minimum atomic E-state index is -4.25. The first-order chi connectivity index (χ1) is 17.8. The van der Waals surface area contributed by atoms with Crippen LogP contribution in [-0.2, 0) is 10.1 Å². The van der Waals surface area contributed by atoms with Crippen LogP contribution in [0.15, 0.2) is 126 Å². The molecule has 0 N–H and O–H groups in total. The predicted molar refractivity (Wildman–Crippen MR) is 134 cm³/mol. The number of rotatable bonds is 3. The largest absolute Gasteiger partial charge is 0.744 e. The Morgan fingerprint density at radius 1 is 0.622 bits per heavy atom. The molecule has 9 heteroatoms. The lowest BCUT2D eigenvalue weighted by Gasteiger charge is -2.04. The van der Waals surface area contributed by atoms with Gasteiger partial charge in [0, 0.05) is 23.6 Å². The van der Waals surface area contributed by atoms with Crippen LogP contribution in [0.5, 0.6) is 0 Å². The van der Waals surface area contributed by atoms with Gasteiger partial charge < -0.3 is 13.4 Å². The fourth-order valence-electron chi connectivity index (χ4n) is 3.64. The first kappa shape index (κ1) is 24.9. The van der Waals surface area contributed by atoms with Crippen molar-refractivity contribution in [2.24, 2.45) is 0 Å². The second-order valence-corrected chi connectivity index (χ2v) is 12.3. The number of benzene rings is 4. The van der Waals surface area contributed by atoms with Gasteiger partial charge in [-0.15, -0.1) is 0 Å². The van der Waals surface area contributed by atoms with Gasteiger partial charge in [0.2, 0.25) is 5.43 Å². The SMILES string of the molecule is O=S(=O)([O-])c1ccccc1.O=c1ccc2ccc([I+]c3ccc4oc5ccccc5c(=O)c4c3)cc2o1. The summed E-state index contributed by atoms with van der Waals surface area (Å²) in [5, 5.41) is 2.08. The van der Waals surface area contributed by atoms with Crippen molar-refractivity contribution in [1.29, 1.82) is 0 Å². The number of halogens is 1. The summed E-state index contributed by atoms with van der Waals surface area (Å²) in [6.07, 6.45) is 0. The van der Waals surface area contributed by atoms with Crippen molar-refractivity contribution in [3.8, 4) is 0 Å². The fraction of sp³-hybridized carbons (Fsp3) is 0. The molecule has 7 nitrogen and oxygen atoms in total. The average molecular weight is 624 g/mol. The van der Waals surface area contributed by atoms with E-state index in [9.17, 15) is 22.6 Å². The van der Waals surface area contributed by atoms with Crippen molar-refractivity contribution < 1.29 is 43.0 Å². The number of fused-ring (bicyclic) bond motifs is 3. The van der Waals surface area contributed by atoms with Crippen molar-refractivity contribution in [1.82, 2.24) is 0 Å². The number of hydrogen-bond donors (Lipinski definition) is 0. The van der Waals surface area contributed by atoms with E-state index in [-0.39, 0.29) is 15.9 Å². The van der Waals surface area contributed by atoms with Gasteiger partial charge in [-0.05, 0) is 54.6 Å². The summed E-state index contributed by atoms with van der Waals surface area (Å²) < 4.78 is 44.2. The van der Waals surface area contributed by atoms with E-state index in [1.54, 1.807) is 24.3 Å². The lowest BCUT2D eigenvalue weighted by Crippen LogP contribution is -3.61. The highest BCUT2D eigenvalue weighted by atomic mass is 127. The third-order valence-electron chi connectivity index (χ3n) is 5.37. The molecule has 6 rings (SSSR count). The Kier molecular flexibility index (Phi) is 6.92. The topological polar surface area (TPSA) is 118 Å². The minimum absolute atomic E-state index is 0.0118. The summed E-state index contributed by atoms with van der Waals surface area (Å²) in [7, 11) is -4.25. The molecule has 0 spiro atoms. The Morgan fingerprint density at radius 3 is 2.03 bits per heavy atom. The highest BCUT2D eigenvalue weighted by Gasteiger charge is 2.19. The predicted octanol–water partition coefficient (Wildman–Crippen LogP) is 1.77. The molecule has 0 atom stereocenters. The van der Waals surface area contributed by atoms with E-state index in [1.165, 1.54) is 30.3 Å². The molecule has 0 saturated heterocycles. The van der Waals surface area contributed by atoms with E-state index >= 15 is 0 Å². The second kappa shape index (κ2) is 10.3. The zero-order valence-electron chi connectivity index (χ0n) is 19.0. The molecule has 0 saturated carbocycles. The van der Waals surface area contributed by atoms with Gasteiger partial charge in [-0.2, -0.15) is 0 Å². The van der Waals surface area contributed by atoms with Crippen LogP contribution in [0.2, 0.25) is 0 Å². The molecule has 0 aliphatic carbocycles. The Bertz CT molecular complexity index is 1980. The van der Waals surface area contributed by atoms with Gasteiger partial charge in [-0.1, -0.05) is 30.3 Å². The van der Waals surface area contributed by atoms with Crippen molar-refractivity contribution in [3.05, 3.63) is 131 Å². The summed E-state index contributed by atoms with van der Waals surface area (Å²) in [5.74, 6) is 0. The summed E-state index contributed by atoms with van der Waals surface area (Å²) in [4.78, 5) is 24.1. The molecule has 2 aromatic heterocycles. The zero-order valence-corrected chi connectivity index (χ0v) is 21.9. The summed E-state index contributed by atoms with van der Waals surface area (Å²) in [5.41, 5.74) is 1.42. The molecule has 184 valence electrons. The van der Waals surface area contributed by atoms with Gasteiger partial charge in [-0.3, -0.25) is 4.79 Å². The summed E-state index contributed by atoms with van der Waals surface area (Å²) in [6, 6.07) is 29.3. The van der Waals surface area contributed by atoms with Crippen molar-refractivity contribution in [3.63, 3.8) is 0 Å². The Morgan fingerprint density at radius 2 is 1.27 bits per heavy atom. The fourth-order valence-corrected chi connectivity index (χ4v) is 6.48. The van der Waals surface area contributed by atoms with Crippen LogP contribution >= 0.6 is 0 Å². The van der Waals surface area contributed by atoms with Gasteiger partial charge in [0.1, 0.15) is 26.9 Å².